The van der Waals surface area contributed by atoms with Gasteiger partial charge in [0.2, 0.25) is 10.0 Å². The highest BCUT2D eigenvalue weighted by atomic mass is 32.2. The lowest BCUT2D eigenvalue weighted by Gasteiger charge is -2.35. The predicted molar refractivity (Wildman–Crippen MR) is 73.0 cm³/mol. The Morgan fingerprint density at radius 3 is 2.78 bits per heavy atom. The molecule has 0 saturated carbocycles. The van der Waals surface area contributed by atoms with Crippen molar-refractivity contribution < 1.29 is 13.5 Å². The fourth-order valence-corrected chi connectivity index (χ4v) is 3.01. The van der Waals surface area contributed by atoms with Crippen LogP contribution in [0.1, 0.15) is 38.5 Å². The standard InChI is InChI=1S/C12H26N2O3S/c1-18(16,17)13-8-7-12-6-2-3-9-14(12)10-4-5-11-15/h12-13,15H,2-11H2,1H3. The molecule has 0 aliphatic carbocycles. The van der Waals surface area contributed by atoms with Gasteiger partial charge in [-0.25, -0.2) is 13.1 Å². The second-order valence-corrected chi connectivity index (χ2v) is 6.90. The third-order valence-corrected chi connectivity index (χ3v) is 4.17. The van der Waals surface area contributed by atoms with Crippen LogP contribution in [0.15, 0.2) is 0 Å². The molecule has 0 aromatic heterocycles. The number of aliphatic hydroxyl groups is 1. The minimum absolute atomic E-state index is 0.258. The maximum absolute atomic E-state index is 11.0. The molecule has 1 aliphatic rings. The number of nitrogens with one attached hydrogen (secondary N) is 1. The van der Waals surface area contributed by atoms with Gasteiger partial charge in [-0.05, 0) is 45.2 Å². The molecule has 1 heterocycles. The molecule has 18 heavy (non-hydrogen) atoms. The fraction of sp³-hybridized carbons (Fsp3) is 1.00. The smallest absolute Gasteiger partial charge is 0.208 e. The van der Waals surface area contributed by atoms with Crippen LogP contribution in [0.25, 0.3) is 0 Å². The molecule has 1 aliphatic heterocycles. The van der Waals surface area contributed by atoms with Crippen molar-refractivity contribution in [3.05, 3.63) is 0 Å². The third kappa shape index (κ3) is 6.68. The molecule has 6 heteroatoms. The lowest BCUT2D eigenvalue weighted by Crippen LogP contribution is -2.42. The predicted octanol–water partition coefficient (Wildman–Crippen LogP) is 0.553. The quantitative estimate of drug-likeness (QED) is 0.636. The Labute approximate surface area is 111 Å². The van der Waals surface area contributed by atoms with Gasteiger partial charge in [-0.3, -0.25) is 0 Å². The first kappa shape index (κ1) is 15.9. The Kier molecular flexibility index (Phi) is 7.14. The molecule has 108 valence electrons. The summed E-state index contributed by atoms with van der Waals surface area (Å²) < 4.78 is 24.6. The fourth-order valence-electron chi connectivity index (χ4n) is 2.52. The summed E-state index contributed by atoms with van der Waals surface area (Å²) in [4.78, 5) is 2.45. The highest BCUT2D eigenvalue weighted by molar-refractivity contribution is 7.88. The SMILES string of the molecule is CS(=O)(=O)NCCC1CCCCN1CCCCO. The van der Waals surface area contributed by atoms with Gasteiger partial charge in [-0.2, -0.15) is 0 Å². The van der Waals surface area contributed by atoms with Crippen LogP contribution in [0.3, 0.4) is 0 Å². The van der Waals surface area contributed by atoms with Crippen LogP contribution in [0.5, 0.6) is 0 Å². The highest BCUT2D eigenvalue weighted by Gasteiger charge is 2.21. The van der Waals surface area contributed by atoms with E-state index < -0.39 is 10.0 Å². The van der Waals surface area contributed by atoms with Crippen molar-refractivity contribution in [1.29, 1.82) is 0 Å². The van der Waals surface area contributed by atoms with Gasteiger partial charge in [-0.15, -0.1) is 0 Å². The van der Waals surface area contributed by atoms with E-state index in [0.717, 1.165) is 38.8 Å². The van der Waals surface area contributed by atoms with Crippen molar-refractivity contribution in [2.45, 2.75) is 44.6 Å². The van der Waals surface area contributed by atoms with Crippen molar-refractivity contribution in [3.63, 3.8) is 0 Å². The monoisotopic (exact) mass is 278 g/mol. The number of likely N-dealkylation sites (tertiary alicyclic amines) is 1. The molecule has 2 N–H and O–H groups in total. The van der Waals surface area contributed by atoms with Gasteiger partial charge in [-0.1, -0.05) is 6.42 Å². The molecule has 0 spiro atoms. The van der Waals surface area contributed by atoms with E-state index in [9.17, 15) is 8.42 Å². The van der Waals surface area contributed by atoms with Crippen molar-refractivity contribution in [2.24, 2.45) is 0 Å². The average Bonchev–Trinajstić information content (AvgIpc) is 2.30. The average molecular weight is 278 g/mol. The van der Waals surface area contributed by atoms with Crippen LogP contribution < -0.4 is 4.72 Å². The summed E-state index contributed by atoms with van der Waals surface area (Å²) in [7, 11) is -3.06. The van der Waals surface area contributed by atoms with Crippen molar-refractivity contribution >= 4 is 10.0 Å². The van der Waals surface area contributed by atoms with E-state index in [0.29, 0.717) is 12.6 Å². The molecule has 1 rings (SSSR count). The number of hydrogen-bond donors (Lipinski definition) is 2. The molecule has 1 atom stereocenters. The minimum Gasteiger partial charge on any atom is -0.396 e. The van der Waals surface area contributed by atoms with Crippen LogP contribution in [0.4, 0.5) is 0 Å². The topological polar surface area (TPSA) is 69.6 Å². The van der Waals surface area contributed by atoms with Crippen LogP contribution in [-0.4, -0.2) is 57.0 Å². The summed E-state index contributed by atoms with van der Waals surface area (Å²) in [6.07, 6.45) is 7.58. The van der Waals surface area contributed by atoms with Crippen LogP contribution >= 0.6 is 0 Å². The van der Waals surface area contributed by atoms with Crippen molar-refractivity contribution in [3.8, 4) is 0 Å². The number of sulfonamides is 1. The lowest BCUT2D eigenvalue weighted by atomic mass is 9.99. The third-order valence-electron chi connectivity index (χ3n) is 3.44. The molecule has 0 aromatic rings. The minimum atomic E-state index is -3.06. The molecule has 1 saturated heterocycles. The van der Waals surface area contributed by atoms with Crippen molar-refractivity contribution in [1.82, 2.24) is 9.62 Å². The van der Waals surface area contributed by atoms with Gasteiger partial charge in [0.25, 0.3) is 0 Å². The summed E-state index contributed by atoms with van der Waals surface area (Å²) in [5.41, 5.74) is 0. The molecule has 1 unspecified atom stereocenters. The molecule has 1 fully saturated rings. The Bertz CT molecular complexity index is 319. The molecule has 5 nitrogen and oxygen atoms in total. The van der Waals surface area contributed by atoms with Gasteiger partial charge in [0.1, 0.15) is 0 Å². The Balaban J connectivity index is 2.30. The Morgan fingerprint density at radius 1 is 1.33 bits per heavy atom. The Morgan fingerprint density at radius 2 is 2.11 bits per heavy atom. The van der Waals surface area contributed by atoms with Gasteiger partial charge >= 0.3 is 0 Å². The van der Waals surface area contributed by atoms with E-state index in [-0.39, 0.29) is 6.61 Å². The first-order valence-electron chi connectivity index (χ1n) is 6.82. The first-order chi connectivity index (χ1) is 8.53. The molecule has 0 amide bonds. The zero-order valence-corrected chi connectivity index (χ0v) is 12.1. The summed E-state index contributed by atoms with van der Waals surface area (Å²) in [5, 5.41) is 8.80. The van der Waals surface area contributed by atoms with E-state index in [1.165, 1.54) is 19.1 Å². The van der Waals surface area contributed by atoms with Gasteiger partial charge in [0.05, 0.1) is 6.26 Å². The number of hydrogen-bond acceptors (Lipinski definition) is 4. The van der Waals surface area contributed by atoms with Gasteiger partial charge in [0.15, 0.2) is 0 Å². The second-order valence-electron chi connectivity index (χ2n) is 5.07. The molecular formula is C12H26N2O3S. The number of unbranched alkanes of at least 4 members (excludes halogenated alkanes) is 1. The number of rotatable bonds is 8. The molecule has 0 aromatic carbocycles. The van der Waals surface area contributed by atoms with Gasteiger partial charge < -0.3 is 10.0 Å². The second kappa shape index (κ2) is 8.09. The maximum atomic E-state index is 11.0. The summed E-state index contributed by atoms with van der Waals surface area (Å²) in [5.74, 6) is 0. The van der Waals surface area contributed by atoms with E-state index in [1.54, 1.807) is 0 Å². The maximum Gasteiger partial charge on any atom is 0.208 e. The summed E-state index contributed by atoms with van der Waals surface area (Å²) in [6.45, 7) is 2.91. The van der Waals surface area contributed by atoms with E-state index in [2.05, 4.69) is 9.62 Å². The Hall–Kier alpha value is -0.170. The van der Waals surface area contributed by atoms with E-state index >= 15 is 0 Å². The molecule has 0 radical (unpaired) electrons. The van der Waals surface area contributed by atoms with Crippen LogP contribution in [0, 0.1) is 0 Å². The summed E-state index contributed by atoms with van der Waals surface area (Å²) >= 11 is 0. The molecular weight excluding hydrogens is 252 g/mol. The highest BCUT2D eigenvalue weighted by Crippen LogP contribution is 2.19. The zero-order valence-electron chi connectivity index (χ0n) is 11.3. The van der Waals surface area contributed by atoms with Crippen LogP contribution in [0.2, 0.25) is 0 Å². The van der Waals surface area contributed by atoms with E-state index in [4.69, 9.17) is 5.11 Å². The lowest BCUT2D eigenvalue weighted by molar-refractivity contribution is 0.135. The van der Waals surface area contributed by atoms with E-state index in [1.807, 2.05) is 0 Å². The normalized spacial score (nSPS) is 22.2. The van der Waals surface area contributed by atoms with Crippen LogP contribution in [-0.2, 0) is 10.0 Å². The van der Waals surface area contributed by atoms with Gasteiger partial charge in [0, 0.05) is 19.2 Å². The summed E-state index contributed by atoms with van der Waals surface area (Å²) in [6, 6.07) is 0.492. The number of aliphatic hydroxyl groups excluding tert-OH is 1. The van der Waals surface area contributed by atoms with Crippen molar-refractivity contribution in [2.75, 3.05) is 32.5 Å². The zero-order chi connectivity index (χ0) is 13.4. The largest absolute Gasteiger partial charge is 0.396 e. The molecule has 0 bridgehead atoms. The first-order valence-corrected chi connectivity index (χ1v) is 8.71. The number of piperidine rings is 1. The number of nitrogens with zero attached hydrogens (tertiary/aromatic N) is 1.